The van der Waals surface area contributed by atoms with Crippen LogP contribution in [0.4, 0.5) is 4.79 Å². The lowest BCUT2D eigenvalue weighted by Crippen LogP contribution is -2.38. The first-order chi connectivity index (χ1) is 13.9. The molecule has 1 aromatic heterocycles. The van der Waals surface area contributed by atoms with Crippen molar-refractivity contribution < 1.29 is 9.59 Å². The number of benzene rings is 1. The molecule has 2 N–H and O–H groups in total. The first-order valence-corrected chi connectivity index (χ1v) is 11.0. The Hall–Kier alpha value is -2.35. The van der Waals surface area contributed by atoms with Crippen LogP contribution in [0.1, 0.15) is 46.0 Å². The number of thioether (sulfide) groups is 1. The van der Waals surface area contributed by atoms with Crippen LogP contribution in [0.15, 0.2) is 34.2 Å². The number of urea groups is 1. The summed E-state index contributed by atoms with van der Waals surface area (Å²) in [6, 6.07) is 6.67. The van der Waals surface area contributed by atoms with E-state index >= 15 is 0 Å². The largest absolute Gasteiger partial charge is 0.341 e. The Balaban J connectivity index is 2.10. The average molecular weight is 419 g/mol. The molecule has 3 amide bonds. The molecular formula is C21H30N4O3S. The molecule has 7 nitrogen and oxygen atoms in total. The second-order valence-corrected chi connectivity index (χ2v) is 8.32. The van der Waals surface area contributed by atoms with E-state index in [2.05, 4.69) is 29.5 Å². The minimum atomic E-state index is -0.555. The summed E-state index contributed by atoms with van der Waals surface area (Å²) in [6.45, 7) is 5.02. The van der Waals surface area contributed by atoms with Gasteiger partial charge in [-0.25, -0.2) is 9.78 Å². The summed E-state index contributed by atoms with van der Waals surface area (Å²) < 4.78 is 1.66. The van der Waals surface area contributed by atoms with Gasteiger partial charge in [-0.1, -0.05) is 63.4 Å². The minimum Gasteiger partial charge on any atom is -0.341 e. The van der Waals surface area contributed by atoms with Crippen LogP contribution in [0.2, 0.25) is 0 Å². The van der Waals surface area contributed by atoms with Gasteiger partial charge in [0.25, 0.3) is 5.56 Å². The van der Waals surface area contributed by atoms with Crippen LogP contribution < -0.4 is 16.2 Å². The number of aromatic nitrogens is 2. The summed E-state index contributed by atoms with van der Waals surface area (Å²) >= 11 is 1.17. The maximum Gasteiger partial charge on any atom is 0.321 e. The van der Waals surface area contributed by atoms with E-state index in [1.54, 1.807) is 16.7 Å². The SMILES string of the molecule is CNC(=O)NC(=O)CSc1nc2ccccc2c(=O)n1CCCCCCC(C)C. The molecule has 0 bridgehead atoms. The number of hydrogen-bond donors (Lipinski definition) is 2. The van der Waals surface area contributed by atoms with Gasteiger partial charge >= 0.3 is 6.03 Å². The highest BCUT2D eigenvalue weighted by Gasteiger charge is 2.14. The van der Waals surface area contributed by atoms with Crippen molar-refractivity contribution in [2.24, 2.45) is 5.92 Å². The highest BCUT2D eigenvalue weighted by atomic mass is 32.2. The zero-order valence-corrected chi connectivity index (χ0v) is 18.2. The molecule has 0 unspecified atom stereocenters. The van der Waals surface area contributed by atoms with Crippen molar-refractivity contribution in [2.75, 3.05) is 12.8 Å². The number of hydrogen-bond acceptors (Lipinski definition) is 5. The number of carbonyl (C=O) groups excluding carboxylic acids is 2. The quantitative estimate of drug-likeness (QED) is 0.350. The molecule has 0 aliphatic carbocycles. The van der Waals surface area contributed by atoms with Gasteiger partial charge in [0.1, 0.15) is 0 Å². The van der Waals surface area contributed by atoms with E-state index in [0.717, 1.165) is 19.3 Å². The topological polar surface area (TPSA) is 93.1 Å². The minimum absolute atomic E-state index is 0.00654. The number of imide groups is 1. The number of nitrogens with zero attached hydrogens (tertiary/aromatic N) is 2. The smallest absolute Gasteiger partial charge is 0.321 e. The molecule has 158 valence electrons. The van der Waals surface area contributed by atoms with Crippen LogP contribution in [-0.2, 0) is 11.3 Å². The second-order valence-electron chi connectivity index (χ2n) is 7.38. The Kier molecular flexibility index (Phi) is 9.18. The van der Waals surface area contributed by atoms with Crippen LogP contribution in [0.3, 0.4) is 0 Å². The number of para-hydroxylation sites is 1. The number of carbonyl (C=O) groups is 2. The molecule has 2 rings (SSSR count). The number of nitrogens with one attached hydrogen (secondary N) is 2. The predicted octanol–water partition coefficient (Wildman–Crippen LogP) is 3.55. The molecule has 1 heterocycles. The Labute approximate surface area is 175 Å². The van der Waals surface area contributed by atoms with Gasteiger partial charge in [-0.2, -0.15) is 0 Å². The van der Waals surface area contributed by atoms with E-state index in [0.29, 0.717) is 28.5 Å². The van der Waals surface area contributed by atoms with Gasteiger partial charge in [-0.3, -0.25) is 19.5 Å². The monoisotopic (exact) mass is 418 g/mol. The van der Waals surface area contributed by atoms with Crippen molar-refractivity contribution in [3.05, 3.63) is 34.6 Å². The Morgan fingerprint density at radius 3 is 2.59 bits per heavy atom. The fourth-order valence-corrected chi connectivity index (χ4v) is 3.81. The highest BCUT2D eigenvalue weighted by molar-refractivity contribution is 7.99. The molecule has 0 spiro atoms. The fraction of sp³-hybridized carbons (Fsp3) is 0.524. The van der Waals surface area contributed by atoms with Crippen molar-refractivity contribution in [2.45, 2.75) is 57.7 Å². The Morgan fingerprint density at radius 1 is 1.14 bits per heavy atom. The molecule has 0 aliphatic heterocycles. The first-order valence-electron chi connectivity index (χ1n) is 10.1. The van der Waals surface area contributed by atoms with Crippen LogP contribution in [0.25, 0.3) is 10.9 Å². The van der Waals surface area contributed by atoms with Crippen molar-refractivity contribution >= 4 is 34.6 Å². The molecule has 0 aliphatic rings. The van der Waals surface area contributed by atoms with E-state index in [9.17, 15) is 14.4 Å². The maximum absolute atomic E-state index is 13.0. The summed E-state index contributed by atoms with van der Waals surface area (Å²) in [6.07, 6.45) is 5.50. The maximum atomic E-state index is 13.0. The van der Waals surface area contributed by atoms with Gasteiger partial charge < -0.3 is 5.32 Å². The van der Waals surface area contributed by atoms with Crippen LogP contribution in [0.5, 0.6) is 0 Å². The summed E-state index contributed by atoms with van der Waals surface area (Å²) in [5.41, 5.74) is 0.520. The van der Waals surface area contributed by atoms with Crippen molar-refractivity contribution in [3.8, 4) is 0 Å². The van der Waals surface area contributed by atoms with Gasteiger partial charge in [-0.05, 0) is 24.5 Å². The third-order valence-electron chi connectivity index (χ3n) is 4.55. The third-order valence-corrected chi connectivity index (χ3v) is 5.53. The van der Waals surface area contributed by atoms with E-state index < -0.39 is 11.9 Å². The van der Waals surface area contributed by atoms with E-state index in [-0.39, 0.29) is 11.3 Å². The van der Waals surface area contributed by atoms with Gasteiger partial charge in [0, 0.05) is 13.6 Å². The number of fused-ring (bicyclic) bond motifs is 1. The van der Waals surface area contributed by atoms with Crippen LogP contribution >= 0.6 is 11.8 Å². The summed E-state index contributed by atoms with van der Waals surface area (Å²) in [7, 11) is 1.44. The number of amides is 3. The lowest BCUT2D eigenvalue weighted by molar-refractivity contribution is -0.117. The molecular weight excluding hydrogens is 388 g/mol. The molecule has 0 saturated carbocycles. The predicted molar refractivity (Wildman–Crippen MR) is 117 cm³/mol. The van der Waals surface area contributed by atoms with Crippen molar-refractivity contribution in [1.29, 1.82) is 0 Å². The van der Waals surface area contributed by atoms with Crippen LogP contribution in [-0.4, -0.2) is 34.3 Å². The average Bonchev–Trinajstić information content (AvgIpc) is 2.70. The van der Waals surface area contributed by atoms with E-state index in [1.165, 1.54) is 31.7 Å². The second kappa shape index (κ2) is 11.6. The summed E-state index contributed by atoms with van der Waals surface area (Å²) in [5, 5.41) is 5.64. The standard InChI is InChI=1S/C21H30N4O3S/c1-15(2)10-6-4-5-9-13-25-19(27)16-11-7-8-12-17(16)23-21(25)29-14-18(26)24-20(28)22-3/h7-8,11-12,15H,4-6,9-10,13-14H2,1-3H3,(H2,22,24,26,28). The molecule has 2 aromatic rings. The van der Waals surface area contributed by atoms with Crippen LogP contribution in [0, 0.1) is 5.92 Å². The molecule has 29 heavy (non-hydrogen) atoms. The van der Waals surface area contributed by atoms with Gasteiger partial charge in [0.05, 0.1) is 16.7 Å². The highest BCUT2D eigenvalue weighted by Crippen LogP contribution is 2.19. The van der Waals surface area contributed by atoms with Crippen molar-refractivity contribution in [1.82, 2.24) is 20.2 Å². The molecule has 0 saturated heterocycles. The molecule has 0 atom stereocenters. The van der Waals surface area contributed by atoms with Gasteiger partial charge in [0.15, 0.2) is 5.16 Å². The summed E-state index contributed by atoms with van der Waals surface area (Å²) in [4.78, 5) is 40.8. The first kappa shape index (κ1) is 22.9. The van der Waals surface area contributed by atoms with E-state index in [1.807, 2.05) is 12.1 Å². The molecule has 8 heteroatoms. The molecule has 0 fully saturated rings. The molecule has 1 aromatic carbocycles. The Bertz CT molecular complexity index is 895. The molecule has 0 radical (unpaired) electrons. The van der Waals surface area contributed by atoms with E-state index in [4.69, 9.17) is 0 Å². The summed E-state index contributed by atoms with van der Waals surface area (Å²) in [5.74, 6) is 0.287. The number of rotatable bonds is 10. The van der Waals surface area contributed by atoms with Gasteiger partial charge in [0.2, 0.25) is 5.91 Å². The normalized spacial score (nSPS) is 11.0. The lowest BCUT2D eigenvalue weighted by Gasteiger charge is -2.13. The zero-order valence-electron chi connectivity index (χ0n) is 17.4. The lowest BCUT2D eigenvalue weighted by atomic mass is 10.0. The van der Waals surface area contributed by atoms with Crippen molar-refractivity contribution in [3.63, 3.8) is 0 Å². The third kappa shape index (κ3) is 7.20. The zero-order chi connectivity index (χ0) is 21.2. The number of unbranched alkanes of at least 4 members (excludes halogenated alkanes) is 3. The Morgan fingerprint density at radius 2 is 1.86 bits per heavy atom. The fourth-order valence-electron chi connectivity index (χ4n) is 2.99. The van der Waals surface area contributed by atoms with Gasteiger partial charge in [-0.15, -0.1) is 0 Å².